The molecule has 0 radical (unpaired) electrons. The molecule has 0 aromatic carbocycles. The molecule has 1 aliphatic rings. The topological polar surface area (TPSA) is 60.0 Å². The summed E-state index contributed by atoms with van der Waals surface area (Å²) >= 11 is 0. The SMILES string of the molecule is CCCN(Cc1ncnn1C)C1(CN)CCC(CC)CC1. The molecule has 1 aromatic heterocycles. The Bertz CT molecular complexity index is 420. The highest BCUT2D eigenvalue weighted by atomic mass is 15.3. The van der Waals surface area contributed by atoms with Gasteiger partial charge in [-0.3, -0.25) is 9.58 Å². The molecule has 0 atom stereocenters. The van der Waals surface area contributed by atoms with Gasteiger partial charge in [0.2, 0.25) is 0 Å². The summed E-state index contributed by atoms with van der Waals surface area (Å²) in [6, 6.07) is 0. The first-order valence-electron chi connectivity index (χ1n) is 8.43. The first kappa shape index (κ1) is 16.4. The number of aromatic nitrogens is 3. The zero-order chi connectivity index (χ0) is 15.3. The minimum Gasteiger partial charge on any atom is -0.329 e. The maximum atomic E-state index is 6.24. The maximum absolute atomic E-state index is 6.24. The van der Waals surface area contributed by atoms with E-state index in [-0.39, 0.29) is 5.54 Å². The second-order valence-electron chi connectivity index (χ2n) is 6.50. The van der Waals surface area contributed by atoms with E-state index in [0.717, 1.165) is 37.8 Å². The Balaban J connectivity index is 2.13. The van der Waals surface area contributed by atoms with Crippen LogP contribution in [0.4, 0.5) is 0 Å². The molecule has 2 N–H and O–H groups in total. The van der Waals surface area contributed by atoms with Crippen molar-refractivity contribution in [3.63, 3.8) is 0 Å². The molecule has 1 heterocycles. The molecule has 21 heavy (non-hydrogen) atoms. The van der Waals surface area contributed by atoms with Crippen LogP contribution in [0.5, 0.6) is 0 Å². The van der Waals surface area contributed by atoms with Gasteiger partial charge in [-0.25, -0.2) is 4.98 Å². The largest absolute Gasteiger partial charge is 0.329 e. The average molecular weight is 293 g/mol. The fourth-order valence-electron chi connectivity index (χ4n) is 3.66. The molecule has 0 saturated heterocycles. The third kappa shape index (κ3) is 3.64. The first-order valence-corrected chi connectivity index (χ1v) is 8.43. The Morgan fingerprint density at radius 2 is 2.10 bits per heavy atom. The molecule has 0 spiro atoms. The van der Waals surface area contributed by atoms with Crippen molar-refractivity contribution < 1.29 is 0 Å². The zero-order valence-corrected chi connectivity index (χ0v) is 13.9. The molecule has 0 bridgehead atoms. The number of hydrogen-bond donors (Lipinski definition) is 1. The van der Waals surface area contributed by atoms with E-state index in [1.54, 1.807) is 6.33 Å². The first-order chi connectivity index (χ1) is 10.1. The van der Waals surface area contributed by atoms with Crippen molar-refractivity contribution in [3.8, 4) is 0 Å². The van der Waals surface area contributed by atoms with Gasteiger partial charge in [-0.1, -0.05) is 20.3 Å². The Kier molecular flexibility index (Phi) is 5.76. The molecular formula is C16H31N5. The molecule has 2 rings (SSSR count). The smallest absolute Gasteiger partial charge is 0.140 e. The molecule has 1 saturated carbocycles. The summed E-state index contributed by atoms with van der Waals surface area (Å²) in [6.07, 6.45) is 9.16. The quantitative estimate of drug-likeness (QED) is 0.838. The van der Waals surface area contributed by atoms with Gasteiger partial charge in [-0.15, -0.1) is 0 Å². The predicted molar refractivity (Wildman–Crippen MR) is 85.7 cm³/mol. The summed E-state index contributed by atoms with van der Waals surface area (Å²) < 4.78 is 1.88. The van der Waals surface area contributed by atoms with Crippen LogP contribution in [-0.4, -0.2) is 38.3 Å². The van der Waals surface area contributed by atoms with E-state index >= 15 is 0 Å². The average Bonchev–Trinajstić information content (AvgIpc) is 2.92. The summed E-state index contributed by atoms with van der Waals surface area (Å²) in [6.45, 7) is 7.25. The van der Waals surface area contributed by atoms with Crippen molar-refractivity contribution in [1.82, 2.24) is 19.7 Å². The Labute approximate surface area is 128 Å². The number of aryl methyl sites for hydroxylation is 1. The van der Waals surface area contributed by atoms with Gasteiger partial charge in [0.15, 0.2) is 0 Å². The molecule has 0 unspecified atom stereocenters. The number of nitrogens with zero attached hydrogens (tertiary/aromatic N) is 4. The van der Waals surface area contributed by atoms with Crippen LogP contribution < -0.4 is 5.73 Å². The fraction of sp³-hybridized carbons (Fsp3) is 0.875. The van der Waals surface area contributed by atoms with Crippen LogP contribution in [0.1, 0.15) is 58.2 Å². The van der Waals surface area contributed by atoms with Gasteiger partial charge in [0, 0.05) is 19.1 Å². The van der Waals surface area contributed by atoms with Crippen molar-refractivity contribution in [3.05, 3.63) is 12.2 Å². The van der Waals surface area contributed by atoms with Crippen LogP contribution in [0.15, 0.2) is 6.33 Å². The minimum absolute atomic E-state index is 0.160. The zero-order valence-electron chi connectivity index (χ0n) is 13.9. The van der Waals surface area contributed by atoms with Crippen molar-refractivity contribution in [2.45, 2.75) is 64.5 Å². The number of hydrogen-bond acceptors (Lipinski definition) is 4. The summed E-state index contributed by atoms with van der Waals surface area (Å²) in [4.78, 5) is 6.97. The van der Waals surface area contributed by atoms with Gasteiger partial charge in [0.1, 0.15) is 12.2 Å². The standard InChI is InChI=1S/C16H31N5/c1-4-10-21(11-15-18-13-19-20(15)3)16(12-17)8-6-14(5-2)7-9-16/h13-14H,4-12,17H2,1-3H3. The normalized spacial score (nSPS) is 26.4. The summed E-state index contributed by atoms with van der Waals surface area (Å²) in [5.74, 6) is 1.93. The van der Waals surface area contributed by atoms with Crippen LogP contribution in [0, 0.1) is 5.92 Å². The minimum atomic E-state index is 0.160. The Morgan fingerprint density at radius 1 is 1.38 bits per heavy atom. The highest BCUT2D eigenvalue weighted by molar-refractivity contribution is 4.98. The molecule has 5 nitrogen and oxygen atoms in total. The van der Waals surface area contributed by atoms with Crippen molar-refractivity contribution in [2.75, 3.05) is 13.1 Å². The van der Waals surface area contributed by atoms with Crippen molar-refractivity contribution >= 4 is 0 Å². The van der Waals surface area contributed by atoms with Crippen LogP contribution in [0.2, 0.25) is 0 Å². The van der Waals surface area contributed by atoms with Gasteiger partial charge in [-0.2, -0.15) is 5.10 Å². The van der Waals surface area contributed by atoms with Gasteiger partial charge in [0.05, 0.1) is 6.54 Å². The van der Waals surface area contributed by atoms with E-state index < -0.39 is 0 Å². The Morgan fingerprint density at radius 3 is 2.57 bits per heavy atom. The highest BCUT2D eigenvalue weighted by Crippen LogP contribution is 2.37. The van der Waals surface area contributed by atoms with E-state index in [1.165, 1.54) is 32.1 Å². The maximum Gasteiger partial charge on any atom is 0.140 e. The van der Waals surface area contributed by atoms with E-state index in [4.69, 9.17) is 5.73 Å². The van der Waals surface area contributed by atoms with Gasteiger partial charge >= 0.3 is 0 Å². The lowest BCUT2D eigenvalue weighted by molar-refractivity contribution is 0.0319. The van der Waals surface area contributed by atoms with E-state index in [1.807, 2.05) is 11.7 Å². The van der Waals surface area contributed by atoms with Crippen molar-refractivity contribution in [2.24, 2.45) is 18.7 Å². The third-order valence-electron chi connectivity index (χ3n) is 5.29. The molecule has 1 aliphatic carbocycles. The second kappa shape index (κ2) is 7.36. The highest BCUT2D eigenvalue weighted by Gasteiger charge is 2.38. The summed E-state index contributed by atoms with van der Waals surface area (Å²) in [7, 11) is 1.97. The molecule has 0 amide bonds. The lowest BCUT2D eigenvalue weighted by Gasteiger charge is -2.47. The molecule has 120 valence electrons. The fourth-order valence-corrected chi connectivity index (χ4v) is 3.66. The van der Waals surface area contributed by atoms with Crippen LogP contribution in [0.3, 0.4) is 0 Å². The molecule has 5 heteroatoms. The van der Waals surface area contributed by atoms with Crippen LogP contribution in [-0.2, 0) is 13.6 Å². The van der Waals surface area contributed by atoms with Gasteiger partial charge < -0.3 is 5.73 Å². The summed E-state index contributed by atoms with van der Waals surface area (Å²) in [5.41, 5.74) is 6.40. The third-order valence-corrected chi connectivity index (χ3v) is 5.29. The lowest BCUT2D eigenvalue weighted by Crippen LogP contribution is -2.55. The molecule has 1 fully saturated rings. The molecule has 0 aliphatic heterocycles. The van der Waals surface area contributed by atoms with Crippen LogP contribution >= 0.6 is 0 Å². The van der Waals surface area contributed by atoms with Crippen molar-refractivity contribution in [1.29, 1.82) is 0 Å². The molecule has 1 aromatic rings. The second-order valence-corrected chi connectivity index (χ2v) is 6.50. The van der Waals surface area contributed by atoms with E-state index in [9.17, 15) is 0 Å². The monoisotopic (exact) mass is 293 g/mol. The number of nitrogens with two attached hydrogens (primary N) is 1. The van der Waals surface area contributed by atoms with Gasteiger partial charge in [0.25, 0.3) is 0 Å². The van der Waals surface area contributed by atoms with Gasteiger partial charge in [-0.05, 0) is 44.6 Å². The van der Waals surface area contributed by atoms with E-state index in [2.05, 4.69) is 28.8 Å². The summed E-state index contributed by atoms with van der Waals surface area (Å²) in [5, 5.41) is 4.20. The predicted octanol–water partition coefficient (Wildman–Crippen LogP) is 2.32. The molecular weight excluding hydrogens is 262 g/mol. The lowest BCUT2D eigenvalue weighted by atomic mass is 9.74. The number of rotatable bonds is 7. The Hall–Kier alpha value is -0.940. The van der Waals surface area contributed by atoms with E-state index in [0.29, 0.717) is 0 Å². The van der Waals surface area contributed by atoms with Crippen LogP contribution in [0.25, 0.3) is 0 Å².